The largest absolute Gasteiger partial charge is 0.480 e. The lowest BCUT2D eigenvalue weighted by Crippen LogP contribution is -2.32. The molecule has 0 aromatic heterocycles. The summed E-state index contributed by atoms with van der Waals surface area (Å²) in [5.41, 5.74) is 0.527. The fourth-order valence-corrected chi connectivity index (χ4v) is 2.93. The van der Waals surface area contributed by atoms with Crippen LogP contribution in [-0.2, 0) is 24.7 Å². The molecule has 0 radical (unpaired) electrons. The normalized spacial score (nSPS) is 13.8. The Labute approximate surface area is 117 Å². The molecule has 0 spiro atoms. The minimum Gasteiger partial charge on any atom is -0.480 e. The highest BCUT2D eigenvalue weighted by atomic mass is 32.2. The van der Waals surface area contributed by atoms with E-state index in [0.29, 0.717) is 5.56 Å². The molecule has 0 heterocycles. The number of aliphatic carboxylic acids is 1. The molecule has 2 N–H and O–H groups in total. The number of carboxylic acid groups (broad SMARTS) is 1. The Kier molecular flexibility index (Phi) is 4.45. The number of sulfonamides is 1. The SMILES string of the molecule is Cc1ccc(S(C)(=O)=O)cc1NS(=O)(=O)C(C)C(=O)O. The highest BCUT2D eigenvalue weighted by Gasteiger charge is 2.28. The number of anilines is 1. The van der Waals surface area contributed by atoms with E-state index < -0.39 is 31.1 Å². The summed E-state index contributed by atoms with van der Waals surface area (Å²) in [5, 5.41) is 7.08. The first-order chi connectivity index (χ1) is 8.95. The van der Waals surface area contributed by atoms with Crippen molar-refractivity contribution in [2.75, 3.05) is 11.0 Å². The smallest absolute Gasteiger partial charge is 0.323 e. The fraction of sp³-hybridized carbons (Fsp3) is 0.364. The van der Waals surface area contributed by atoms with Gasteiger partial charge in [0.1, 0.15) is 0 Å². The third-order valence-electron chi connectivity index (χ3n) is 2.70. The zero-order chi connectivity index (χ0) is 15.7. The van der Waals surface area contributed by atoms with E-state index in [9.17, 15) is 21.6 Å². The lowest BCUT2D eigenvalue weighted by molar-refractivity contribution is -0.136. The quantitative estimate of drug-likeness (QED) is 0.820. The van der Waals surface area contributed by atoms with Gasteiger partial charge in [0.2, 0.25) is 10.0 Å². The summed E-state index contributed by atoms with van der Waals surface area (Å²) in [7, 11) is -7.63. The number of sulfone groups is 1. The molecule has 0 aliphatic rings. The Morgan fingerprint density at radius 1 is 1.25 bits per heavy atom. The van der Waals surface area contributed by atoms with Gasteiger partial charge in [-0.1, -0.05) is 6.07 Å². The molecule has 1 aromatic rings. The standard InChI is InChI=1S/C11H15NO6S2/c1-7-4-5-9(19(3,15)16)6-10(7)12-20(17,18)8(2)11(13)14/h4-6,8,12H,1-3H3,(H,13,14). The van der Waals surface area contributed by atoms with Crippen LogP contribution in [0.1, 0.15) is 12.5 Å². The number of carbonyl (C=O) groups is 1. The molecule has 112 valence electrons. The third-order valence-corrected chi connectivity index (χ3v) is 5.45. The molecule has 9 heteroatoms. The second-order valence-electron chi connectivity index (χ2n) is 4.38. The van der Waals surface area contributed by atoms with Crippen LogP contribution in [0.2, 0.25) is 0 Å². The van der Waals surface area contributed by atoms with Crippen molar-refractivity contribution in [3.05, 3.63) is 23.8 Å². The Morgan fingerprint density at radius 3 is 2.25 bits per heavy atom. The van der Waals surface area contributed by atoms with E-state index in [2.05, 4.69) is 4.72 Å². The summed E-state index contributed by atoms with van der Waals surface area (Å²) in [5.74, 6) is -1.49. The molecule has 7 nitrogen and oxygen atoms in total. The average Bonchev–Trinajstić information content (AvgIpc) is 2.29. The maximum atomic E-state index is 11.8. The first kappa shape index (κ1) is 16.4. The van der Waals surface area contributed by atoms with Crippen molar-refractivity contribution in [2.24, 2.45) is 0 Å². The van der Waals surface area contributed by atoms with Gasteiger partial charge in [0.25, 0.3) is 0 Å². The molecule has 0 aliphatic carbocycles. The third kappa shape index (κ3) is 3.70. The molecule has 0 saturated carbocycles. The Morgan fingerprint density at radius 2 is 1.80 bits per heavy atom. The number of carboxylic acids is 1. The van der Waals surface area contributed by atoms with Gasteiger partial charge in [-0.2, -0.15) is 0 Å². The molecule has 0 amide bonds. The van der Waals surface area contributed by atoms with Crippen molar-refractivity contribution in [1.29, 1.82) is 0 Å². The minimum absolute atomic E-state index is 0.0426. The van der Waals surface area contributed by atoms with Gasteiger partial charge in [0.15, 0.2) is 15.1 Å². The van der Waals surface area contributed by atoms with Crippen LogP contribution in [0.3, 0.4) is 0 Å². The maximum Gasteiger partial charge on any atom is 0.323 e. The molecular formula is C11H15NO6S2. The molecule has 1 aromatic carbocycles. The molecule has 1 unspecified atom stereocenters. The topological polar surface area (TPSA) is 118 Å². The second-order valence-corrected chi connectivity index (χ2v) is 8.39. The number of rotatable bonds is 5. The van der Waals surface area contributed by atoms with Crippen LogP contribution < -0.4 is 4.72 Å². The van der Waals surface area contributed by atoms with Crippen LogP contribution in [0, 0.1) is 6.92 Å². The first-order valence-electron chi connectivity index (χ1n) is 5.50. The highest BCUT2D eigenvalue weighted by molar-refractivity contribution is 7.94. The van der Waals surface area contributed by atoms with E-state index in [0.717, 1.165) is 19.2 Å². The van der Waals surface area contributed by atoms with E-state index in [-0.39, 0.29) is 10.6 Å². The molecule has 0 aliphatic heterocycles. The number of nitrogens with one attached hydrogen (secondary N) is 1. The Bertz CT molecular complexity index is 736. The predicted molar refractivity (Wildman–Crippen MR) is 73.9 cm³/mol. The van der Waals surface area contributed by atoms with E-state index in [1.54, 1.807) is 6.92 Å². The van der Waals surface area contributed by atoms with E-state index in [1.807, 2.05) is 0 Å². The summed E-state index contributed by atoms with van der Waals surface area (Å²) < 4.78 is 48.6. The van der Waals surface area contributed by atoms with Gasteiger partial charge < -0.3 is 5.11 Å². The van der Waals surface area contributed by atoms with Gasteiger partial charge in [0, 0.05) is 6.26 Å². The van der Waals surface area contributed by atoms with E-state index in [1.165, 1.54) is 12.1 Å². The maximum absolute atomic E-state index is 11.8. The number of hydrogen-bond donors (Lipinski definition) is 2. The fourth-order valence-electron chi connectivity index (χ4n) is 1.32. The van der Waals surface area contributed by atoms with Gasteiger partial charge in [0.05, 0.1) is 10.6 Å². The Balaban J connectivity index is 3.26. The summed E-state index contributed by atoms with van der Waals surface area (Å²) in [6.45, 7) is 2.61. The molecular weight excluding hydrogens is 306 g/mol. The van der Waals surface area contributed by atoms with E-state index in [4.69, 9.17) is 5.11 Å². The highest BCUT2D eigenvalue weighted by Crippen LogP contribution is 2.22. The van der Waals surface area contributed by atoms with Crippen molar-refractivity contribution in [3.63, 3.8) is 0 Å². The van der Waals surface area contributed by atoms with Crippen LogP contribution in [-0.4, -0.2) is 39.4 Å². The van der Waals surface area contributed by atoms with E-state index >= 15 is 0 Å². The molecule has 1 rings (SSSR count). The van der Waals surface area contributed by atoms with Crippen LogP contribution in [0.5, 0.6) is 0 Å². The van der Waals surface area contributed by atoms with Gasteiger partial charge in [-0.25, -0.2) is 16.8 Å². The zero-order valence-corrected chi connectivity index (χ0v) is 12.7. The Hall–Kier alpha value is -1.61. The van der Waals surface area contributed by atoms with Crippen LogP contribution in [0.25, 0.3) is 0 Å². The van der Waals surface area contributed by atoms with Crippen LogP contribution >= 0.6 is 0 Å². The number of aryl methyl sites for hydroxylation is 1. The zero-order valence-electron chi connectivity index (χ0n) is 11.1. The summed E-state index contributed by atoms with van der Waals surface area (Å²) in [6.07, 6.45) is 0.996. The van der Waals surface area contributed by atoms with Crippen molar-refractivity contribution in [1.82, 2.24) is 0 Å². The van der Waals surface area contributed by atoms with Gasteiger partial charge >= 0.3 is 5.97 Å². The van der Waals surface area contributed by atoms with Crippen molar-refractivity contribution >= 4 is 31.5 Å². The summed E-state index contributed by atoms with van der Waals surface area (Å²) >= 11 is 0. The molecule has 1 atom stereocenters. The monoisotopic (exact) mass is 321 g/mol. The number of benzene rings is 1. The van der Waals surface area contributed by atoms with Gasteiger partial charge in [-0.05, 0) is 31.5 Å². The van der Waals surface area contributed by atoms with Crippen molar-refractivity contribution < 1.29 is 26.7 Å². The second kappa shape index (κ2) is 5.41. The first-order valence-corrected chi connectivity index (χ1v) is 8.94. The lowest BCUT2D eigenvalue weighted by Gasteiger charge is -2.14. The molecule has 20 heavy (non-hydrogen) atoms. The lowest BCUT2D eigenvalue weighted by atomic mass is 10.2. The summed E-state index contributed by atoms with van der Waals surface area (Å²) in [6, 6.07) is 3.96. The summed E-state index contributed by atoms with van der Waals surface area (Å²) in [4.78, 5) is 10.7. The van der Waals surface area contributed by atoms with Crippen LogP contribution in [0.4, 0.5) is 5.69 Å². The molecule has 0 saturated heterocycles. The molecule has 0 bridgehead atoms. The predicted octanol–water partition coefficient (Wildman–Crippen LogP) is 0.613. The van der Waals surface area contributed by atoms with Gasteiger partial charge in [-0.3, -0.25) is 9.52 Å². The van der Waals surface area contributed by atoms with Crippen molar-refractivity contribution in [2.45, 2.75) is 24.0 Å². The average molecular weight is 321 g/mol. The van der Waals surface area contributed by atoms with Crippen molar-refractivity contribution in [3.8, 4) is 0 Å². The van der Waals surface area contributed by atoms with Gasteiger partial charge in [-0.15, -0.1) is 0 Å². The minimum atomic E-state index is -4.14. The van der Waals surface area contributed by atoms with Crippen LogP contribution in [0.15, 0.2) is 23.1 Å². The number of hydrogen-bond acceptors (Lipinski definition) is 5. The molecule has 0 fully saturated rings.